The van der Waals surface area contributed by atoms with Crippen LogP contribution in [0, 0.1) is 11.6 Å². The molecule has 98 valence electrons. The van der Waals surface area contributed by atoms with Gasteiger partial charge >= 0.3 is 0 Å². The van der Waals surface area contributed by atoms with E-state index in [0.717, 1.165) is 37.3 Å². The van der Waals surface area contributed by atoms with Gasteiger partial charge in [0.15, 0.2) is 0 Å². The van der Waals surface area contributed by atoms with Crippen LogP contribution in [-0.2, 0) is 6.54 Å². The van der Waals surface area contributed by atoms with Crippen molar-refractivity contribution in [2.24, 2.45) is 0 Å². The lowest BCUT2D eigenvalue weighted by Gasteiger charge is -2.37. The normalized spacial score (nSPS) is 31.8. The molecule has 0 radical (unpaired) electrons. The van der Waals surface area contributed by atoms with Gasteiger partial charge in [0.1, 0.15) is 11.6 Å². The van der Waals surface area contributed by atoms with Gasteiger partial charge in [-0.2, -0.15) is 0 Å². The highest BCUT2D eigenvalue weighted by molar-refractivity contribution is 6.20. The molecular weight excluding hydrogens is 256 g/mol. The van der Waals surface area contributed by atoms with Crippen LogP contribution in [0.3, 0.4) is 0 Å². The Morgan fingerprint density at radius 2 is 1.61 bits per heavy atom. The van der Waals surface area contributed by atoms with Crippen molar-refractivity contribution in [2.45, 2.75) is 49.7 Å². The first-order chi connectivity index (χ1) is 8.61. The average Bonchev–Trinajstić information content (AvgIpc) is 2.53. The third kappa shape index (κ3) is 2.39. The van der Waals surface area contributed by atoms with E-state index < -0.39 is 11.6 Å². The number of rotatable bonds is 2. The van der Waals surface area contributed by atoms with Crippen molar-refractivity contribution in [3.63, 3.8) is 0 Å². The van der Waals surface area contributed by atoms with Gasteiger partial charge in [-0.3, -0.25) is 4.90 Å². The van der Waals surface area contributed by atoms with Gasteiger partial charge in [0.25, 0.3) is 0 Å². The van der Waals surface area contributed by atoms with E-state index in [-0.39, 0.29) is 5.38 Å². The minimum absolute atomic E-state index is 0.267. The predicted octanol–water partition coefficient (Wildman–Crippen LogP) is 3.70. The Balaban J connectivity index is 1.77. The highest BCUT2D eigenvalue weighted by Crippen LogP contribution is 2.38. The maximum absolute atomic E-state index is 13.2. The molecule has 0 aliphatic carbocycles. The first kappa shape index (κ1) is 12.4. The molecule has 2 bridgehead atoms. The number of benzene rings is 1. The quantitative estimate of drug-likeness (QED) is 0.742. The zero-order chi connectivity index (χ0) is 12.7. The van der Waals surface area contributed by atoms with Crippen molar-refractivity contribution >= 4 is 11.6 Å². The Morgan fingerprint density at radius 1 is 1.06 bits per heavy atom. The van der Waals surface area contributed by atoms with Crippen LogP contribution < -0.4 is 0 Å². The van der Waals surface area contributed by atoms with Gasteiger partial charge < -0.3 is 0 Å². The third-order valence-corrected chi connectivity index (χ3v) is 4.47. The summed E-state index contributed by atoms with van der Waals surface area (Å²) in [5, 5.41) is 0.267. The zero-order valence-electron chi connectivity index (χ0n) is 10.1. The molecule has 2 aliphatic rings. The molecule has 1 aromatic carbocycles. The van der Waals surface area contributed by atoms with Gasteiger partial charge in [0, 0.05) is 30.1 Å². The highest BCUT2D eigenvalue weighted by atomic mass is 35.5. The molecule has 0 saturated carbocycles. The van der Waals surface area contributed by atoms with Gasteiger partial charge in [0.2, 0.25) is 0 Å². The van der Waals surface area contributed by atoms with E-state index in [2.05, 4.69) is 4.90 Å². The lowest BCUT2D eigenvalue weighted by atomic mass is 10.0. The molecule has 3 rings (SSSR count). The maximum Gasteiger partial charge on any atom is 0.126 e. The van der Waals surface area contributed by atoms with Gasteiger partial charge in [-0.05, 0) is 43.4 Å². The summed E-state index contributed by atoms with van der Waals surface area (Å²) in [7, 11) is 0. The molecule has 18 heavy (non-hydrogen) atoms. The fourth-order valence-electron chi connectivity index (χ4n) is 3.38. The standard InChI is InChI=1S/C14H16ClF2N/c15-10-5-13-1-2-14(6-10)18(13)8-9-3-11(16)7-12(17)4-9/h3-4,7,10,13-14H,1-2,5-6,8H2. The van der Waals surface area contributed by atoms with E-state index in [9.17, 15) is 8.78 Å². The van der Waals surface area contributed by atoms with Crippen LogP contribution in [0.5, 0.6) is 0 Å². The molecule has 0 spiro atoms. The Labute approximate surface area is 111 Å². The second-order valence-electron chi connectivity index (χ2n) is 5.40. The monoisotopic (exact) mass is 271 g/mol. The van der Waals surface area contributed by atoms with E-state index in [1.807, 2.05) is 0 Å². The molecular formula is C14H16ClF2N. The molecule has 0 amide bonds. The topological polar surface area (TPSA) is 3.24 Å². The Bertz CT molecular complexity index is 417. The van der Waals surface area contributed by atoms with Gasteiger partial charge in [-0.15, -0.1) is 11.6 Å². The molecule has 2 aliphatic heterocycles. The van der Waals surface area contributed by atoms with E-state index in [1.165, 1.54) is 12.1 Å². The predicted molar refractivity (Wildman–Crippen MR) is 67.6 cm³/mol. The highest BCUT2D eigenvalue weighted by Gasteiger charge is 2.39. The van der Waals surface area contributed by atoms with Crippen LogP contribution >= 0.6 is 11.6 Å². The summed E-state index contributed by atoms with van der Waals surface area (Å²) in [4.78, 5) is 2.37. The first-order valence-electron chi connectivity index (χ1n) is 6.46. The molecule has 4 heteroatoms. The lowest BCUT2D eigenvalue weighted by Crippen LogP contribution is -2.42. The second kappa shape index (κ2) is 4.78. The van der Waals surface area contributed by atoms with Gasteiger partial charge in [-0.25, -0.2) is 8.78 Å². The zero-order valence-corrected chi connectivity index (χ0v) is 10.8. The molecule has 2 heterocycles. The van der Waals surface area contributed by atoms with Gasteiger partial charge in [0.05, 0.1) is 0 Å². The van der Waals surface area contributed by atoms with E-state index in [4.69, 9.17) is 11.6 Å². The summed E-state index contributed by atoms with van der Waals surface area (Å²) in [5.41, 5.74) is 0.720. The SMILES string of the molecule is Fc1cc(F)cc(CN2C3CCC2CC(Cl)C3)c1. The van der Waals surface area contributed by atoms with Crippen molar-refractivity contribution in [2.75, 3.05) is 0 Å². The number of halogens is 3. The van der Waals surface area contributed by atoms with E-state index in [0.29, 0.717) is 18.6 Å². The number of hydrogen-bond donors (Lipinski definition) is 0. The molecule has 1 nitrogen and oxygen atoms in total. The summed E-state index contributed by atoms with van der Waals surface area (Å²) in [6.45, 7) is 0.633. The molecule has 2 saturated heterocycles. The fourth-order valence-corrected chi connectivity index (χ4v) is 3.79. The summed E-state index contributed by atoms with van der Waals surface area (Å²) >= 11 is 6.22. The van der Waals surface area contributed by atoms with Crippen LogP contribution in [0.25, 0.3) is 0 Å². The van der Waals surface area contributed by atoms with E-state index >= 15 is 0 Å². The summed E-state index contributed by atoms with van der Waals surface area (Å²) < 4.78 is 26.3. The average molecular weight is 272 g/mol. The minimum atomic E-state index is -0.496. The molecule has 2 fully saturated rings. The smallest absolute Gasteiger partial charge is 0.126 e. The number of piperidine rings is 1. The Hall–Kier alpha value is -0.670. The van der Waals surface area contributed by atoms with Crippen molar-refractivity contribution < 1.29 is 8.78 Å². The Morgan fingerprint density at radius 3 is 2.17 bits per heavy atom. The molecule has 2 atom stereocenters. The summed E-state index contributed by atoms with van der Waals surface area (Å²) in [6.07, 6.45) is 4.31. The summed E-state index contributed by atoms with van der Waals surface area (Å²) in [6, 6.07) is 4.74. The first-order valence-corrected chi connectivity index (χ1v) is 6.90. The van der Waals surface area contributed by atoms with Crippen molar-refractivity contribution in [1.82, 2.24) is 4.90 Å². The Kier molecular flexibility index (Phi) is 3.29. The van der Waals surface area contributed by atoms with Crippen LogP contribution in [-0.4, -0.2) is 22.4 Å². The minimum Gasteiger partial charge on any atom is -0.293 e. The maximum atomic E-state index is 13.2. The number of hydrogen-bond acceptors (Lipinski definition) is 1. The van der Waals surface area contributed by atoms with Crippen LogP contribution in [0.4, 0.5) is 8.78 Å². The number of fused-ring (bicyclic) bond motifs is 2. The molecule has 0 aromatic heterocycles. The third-order valence-electron chi connectivity index (χ3n) is 4.11. The van der Waals surface area contributed by atoms with Crippen LogP contribution in [0.2, 0.25) is 0 Å². The summed E-state index contributed by atoms with van der Waals surface area (Å²) in [5.74, 6) is -0.992. The van der Waals surface area contributed by atoms with Crippen molar-refractivity contribution in [3.8, 4) is 0 Å². The molecule has 1 aromatic rings. The largest absolute Gasteiger partial charge is 0.293 e. The fraction of sp³-hybridized carbons (Fsp3) is 0.571. The van der Waals surface area contributed by atoms with Crippen molar-refractivity contribution in [1.29, 1.82) is 0 Å². The second-order valence-corrected chi connectivity index (χ2v) is 6.02. The van der Waals surface area contributed by atoms with Crippen molar-refractivity contribution in [3.05, 3.63) is 35.4 Å². The van der Waals surface area contributed by atoms with E-state index in [1.54, 1.807) is 0 Å². The molecule has 0 N–H and O–H groups in total. The van der Waals surface area contributed by atoms with Crippen LogP contribution in [0.1, 0.15) is 31.2 Å². The molecule has 2 unspecified atom stereocenters. The van der Waals surface area contributed by atoms with Gasteiger partial charge in [-0.1, -0.05) is 0 Å². The van der Waals surface area contributed by atoms with Crippen LogP contribution in [0.15, 0.2) is 18.2 Å². The number of nitrogens with zero attached hydrogens (tertiary/aromatic N) is 1. The lowest BCUT2D eigenvalue weighted by molar-refractivity contribution is 0.134. The number of alkyl halides is 1.